The predicted octanol–water partition coefficient (Wildman–Crippen LogP) is 4.86. The first-order chi connectivity index (χ1) is 16.9. The second kappa shape index (κ2) is 12.4. The summed E-state index contributed by atoms with van der Waals surface area (Å²) in [7, 11) is 1.50. The number of ether oxygens (including phenoxy) is 3. The zero-order valence-electron chi connectivity index (χ0n) is 20.4. The minimum atomic E-state index is -0.872. The minimum absolute atomic E-state index is 0.0724. The monoisotopic (exact) mass is 485 g/mol. The fourth-order valence-electron chi connectivity index (χ4n) is 4.03. The highest BCUT2D eigenvalue weighted by Gasteiger charge is 2.46. The summed E-state index contributed by atoms with van der Waals surface area (Å²) in [6.45, 7) is 5.26. The number of ketones is 1. The summed E-state index contributed by atoms with van der Waals surface area (Å²) >= 11 is 0. The van der Waals surface area contributed by atoms with Crippen molar-refractivity contribution in [2.45, 2.75) is 39.2 Å². The van der Waals surface area contributed by atoms with Crippen LogP contribution >= 0.6 is 0 Å². The Hall–Kier alpha value is -3.39. The maximum absolute atomic E-state index is 13.4. The number of halogens is 1. The van der Waals surface area contributed by atoms with Crippen molar-refractivity contribution in [2.75, 3.05) is 33.5 Å². The van der Waals surface area contributed by atoms with Crippen molar-refractivity contribution in [1.29, 1.82) is 0 Å². The normalized spacial score (nSPS) is 17.1. The van der Waals surface area contributed by atoms with Gasteiger partial charge < -0.3 is 24.2 Å². The molecule has 3 rings (SSSR count). The van der Waals surface area contributed by atoms with Gasteiger partial charge in [-0.05, 0) is 55.3 Å². The van der Waals surface area contributed by atoms with E-state index in [1.165, 1.54) is 36.3 Å². The van der Waals surface area contributed by atoms with Gasteiger partial charge in [0.1, 0.15) is 11.6 Å². The SMILES string of the molecule is CCCCCOc1ccc([C@H]2C(=C(O)c3ccc(F)cc3)C(=O)C(=O)N2CCOC)cc1OCC. The first-order valence-corrected chi connectivity index (χ1v) is 11.9. The van der Waals surface area contributed by atoms with Crippen LogP contribution in [0.3, 0.4) is 0 Å². The Morgan fingerprint density at radius 1 is 1.00 bits per heavy atom. The lowest BCUT2D eigenvalue weighted by Crippen LogP contribution is -2.32. The first-order valence-electron chi connectivity index (χ1n) is 11.9. The van der Waals surface area contributed by atoms with E-state index < -0.39 is 23.5 Å². The number of unbranched alkanes of at least 4 members (excludes halogenated alkanes) is 2. The molecule has 2 aromatic carbocycles. The van der Waals surface area contributed by atoms with Gasteiger partial charge in [0.25, 0.3) is 11.7 Å². The lowest BCUT2D eigenvalue weighted by Gasteiger charge is -2.26. The molecule has 0 spiro atoms. The molecule has 1 amide bonds. The Morgan fingerprint density at radius 2 is 1.74 bits per heavy atom. The van der Waals surface area contributed by atoms with Crippen molar-refractivity contribution in [2.24, 2.45) is 0 Å². The van der Waals surface area contributed by atoms with E-state index in [2.05, 4.69) is 6.92 Å². The average Bonchev–Trinajstić information content (AvgIpc) is 3.11. The number of Topliss-reactive ketones (excluding diaryl/α,β-unsaturated/α-hetero) is 1. The molecule has 188 valence electrons. The molecule has 0 unspecified atom stereocenters. The predicted molar refractivity (Wildman–Crippen MR) is 130 cm³/mol. The van der Waals surface area contributed by atoms with Gasteiger partial charge in [0.2, 0.25) is 0 Å². The smallest absolute Gasteiger partial charge is 0.295 e. The second-order valence-electron chi connectivity index (χ2n) is 8.19. The van der Waals surface area contributed by atoms with Crippen LogP contribution in [0.2, 0.25) is 0 Å². The molecule has 1 fully saturated rings. The van der Waals surface area contributed by atoms with Gasteiger partial charge in [0.05, 0.1) is 31.4 Å². The van der Waals surface area contributed by atoms with Crippen molar-refractivity contribution in [3.05, 3.63) is 65.0 Å². The van der Waals surface area contributed by atoms with Gasteiger partial charge in [-0.25, -0.2) is 4.39 Å². The van der Waals surface area contributed by atoms with E-state index >= 15 is 0 Å². The molecule has 0 saturated carbocycles. The van der Waals surface area contributed by atoms with Gasteiger partial charge in [-0.3, -0.25) is 9.59 Å². The summed E-state index contributed by atoms with van der Waals surface area (Å²) in [6.07, 6.45) is 3.05. The summed E-state index contributed by atoms with van der Waals surface area (Å²) in [5.74, 6) is -1.35. The Kier molecular flexibility index (Phi) is 9.25. The van der Waals surface area contributed by atoms with Crippen LogP contribution in [-0.2, 0) is 14.3 Å². The molecule has 1 N–H and O–H groups in total. The molecule has 0 aromatic heterocycles. The Balaban J connectivity index is 2.07. The van der Waals surface area contributed by atoms with E-state index in [0.717, 1.165) is 19.3 Å². The van der Waals surface area contributed by atoms with Crippen molar-refractivity contribution in [3.63, 3.8) is 0 Å². The van der Waals surface area contributed by atoms with Crippen LogP contribution in [0, 0.1) is 5.82 Å². The number of rotatable bonds is 12. The van der Waals surface area contributed by atoms with Gasteiger partial charge in [0, 0.05) is 19.2 Å². The summed E-state index contributed by atoms with van der Waals surface area (Å²) in [4.78, 5) is 27.3. The molecule has 1 aliphatic heterocycles. The number of hydrogen-bond donors (Lipinski definition) is 1. The van der Waals surface area contributed by atoms with Crippen LogP contribution in [0.4, 0.5) is 4.39 Å². The van der Waals surface area contributed by atoms with Crippen LogP contribution in [0.5, 0.6) is 11.5 Å². The lowest BCUT2D eigenvalue weighted by molar-refractivity contribution is -0.140. The molecule has 7 nitrogen and oxygen atoms in total. The Morgan fingerprint density at radius 3 is 2.40 bits per heavy atom. The fourth-order valence-corrected chi connectivity index (χ4v) is 4.03. The largest absolute Gasteiger partial charge is 0.507 e. The van der Waals surface area contributed by atoms with Crippen LogP contribution in [0.25, 0.3) is 5.76 Å². The third kappa shape index (κ3) is 6.00. The third-order valence-electron chi connectivity index (χ3n) is 5.78. The van der Waals surface area contributed by atoms with Crippen molar-refractivity contribution < 1.29 is 33.3 Å². The Bertz CT molecular complexity index is 1070. The van der Waals surface area contributed by atoms with E-state index in [9.17, 15) is 19.1 Å². The molecule has 1 heterocycles. The molecule has 8 heteroatoms. The molecule has 0 radical (unpaired) electrons. The van der Waals surface area contributed by atoms with Crippen LogP contribution in [0.15, 0.2) is 48.0 Å². The molecule has 35 heavy (non-hydrogen) atoms. The van der Waals surface area contributed by atoms with Crippen molar-refractivity contribution >= 4 is 17.4 Å². The van der Waals surface area contributed by atoms with Gasteiger partial charge >= 0.3 is 0 Å². The minimum Gasteiger partial charge on any atom is -0.507 e. The summed E-state index contributed by atoms with van der Waals surface area (Å²) in [5, 5.41) is 11.0. The molecule has 1 saturated heterocycles. The molecule has 2 aromatic rings. The summed E-state index contributed by atoms with van der Waals surface area (Å²) < 4.78 is 30.3. The van der Waals surface area contributed by atoms with Crippen molar-refractivity contribution in [3.8, 4) is 11.5 Å². The zero-order chi connectivity index (χ0) is 25.4. The van der Waals surface area contributed by atoms with E-state index in [4.69, 9.17) is 14.2 Å². The van der Waals surface area contributed by atoms with Crippen LogP contribution < -0.4 is 9.47 Å². The number of methoxy groups -OCH3 is 1. The van der Waals surface area contributed by atoms with Gasteiger partial charge in [-0.1, -0.05) is 25.8 Å². The first kappa shape index (κ1) is 26.2. The number of hydrogen-bond acceptors (Lipinski definition) is 6. The van der Waals surface area contributed by atoms with E-state index in [-0.39, 0.29) is 30.0 Å². The van der Waals surface area contributed by atoms with Gasteiger partial charge in [-0.2, -0.15) is 0 Å². The number of likely N-dealkylation sites (tertiary alicyclic amines) is 1. The van der Waals surface area contributed by atoms with E-state index in [1.807, 2.05) is 6.92 Å². The fraction of sp³-hybridized carbons (Fsp3) is 0.407. The number of benzene rings is 2. The second-order valence-corrected chi connectivity index (χ2v) is 8.19. The summed E-state index contributed by atoms with van der Waals surface area (Å²) in [6, 6.07) is 9.46. The maximum Gasteiger partial charge on any atom is 0.295 e. The van der Waals surface area contributed by atoms with Crippen LogP contribution in [-0.4, -0.2) is 55.2 Å². The number of nitrogens with zero attached hydrogens (tertiary/aromatic N) is 1. The van der Waals surface area contributed by atoms with Crippen molar-refractivity contribution in [1.82, 2.24) is 4.90 Å². The number of aliphatic hydroxyl groups excluding tert-OH is 1. The number of aliphatic hydroxyl groups is 1. The highest BCUT2D eigenvalue weighted by Crippen LogP contribution is 2.42. The molecule has 0 aliphatic carbocycles. The number of carbonyl (C=O) groups excluding carboxylic acids is 2. The quantitative estimate of drug-likeness (QED) is 0.200. The number of carbonyl (C=O) groups is 2. The molecule has 1 atom stereocenters. The van der Waals surface area contributed by atoms with E-state index in [1.54, 1.807) is 18.2 Å². The number of amides is 1. The molecular formula is C27H32FNO6. The van der Waals surface area contributed by atoms with Gasteiger partial charge in [0.15, 0.2) is 11.5 Å². The maximum atomic E-state index is 13.4. The average molecular weight is 486 g/mol. The lowest BCUT2D eigenvalue weighted by atomic mass is 9.95. The van der Waals surface area contributed by atoms with Gasteiger partial charge in [-0.15, -0.1) is 0 Å². The standard InChI is InChI=1S/C27H32FNO6/c1-4-6-7-15-35-21-13-10-19(17-22(21)34-5-2)24-23(25(30)18-8-11-20(28)12-9-18)26(31)27(32)29(24)14-16-33-3/h8-13,17,24,30H,4-7,14-16H2,1-3H3/t24-/m0/s1. The summed E-state index contributed by atoms with van der Waals surface area (Å²) in [5.41, 5.74) is 0.743. The molecular weight excluding hydrogens is 453 g/mol. The third-order valence-corrected chi connectivity index (χ3v) is 5.78. The van der Waals surface area contributed by atoms with E-state index in [0.29, 0.717) is 30.3 Å². The Labute approximate surface area is 205 Å². The zero-order valence-corrected chi connectivity index (χ0v) is 20.4. The molecule has 1 aliphatic rings. The topological polar surface area (TPSA) is 85.3 Å². The van der Waals surface area contributed by atoms with Crippen LogP contribution in [0.1, 0.15) is 50.3 Å². The molecule has 0 bridgehead atoms. The highest BCUT2D eigenvalue weighted by atomic mass is 19.1. The highest BCUT2D eigenvalue weighted by molar-refractivity contribution is 6.46.